The van der Waals surface area contributed by atoms with Gasteiger partial charge in [0.1, 0.15) is 5.60 Å². The molecule has 0 radical (unpaired) electrons. The molecule has 1 amide bonds. The van der Waals surface area contributed by atoms with E-state index in [1.807, 2.05) is 38.1 Å². The molecule has 0 bridgehead atoms. The van der Waals surface area contributed by atoms with Gasteiger partial charge < -0.3 is 10.5 Å². The van der Waals surface area contributed by atoms with Crippen LogP contribution in [0.3, 0.4) is 0 Å². The summed E-state index contributed by atoms with van der Waals surface area (Å²) in [5.41, 5.74) is 7.49. The van der Waals surface area contributed by atoms with Crippen LogP contribution < -0.4 is 10.6 Å². The van der Waals surface area contributed by atoms with Gasteiger partial charge in [-0.25, -0.2) is 4.79 Å². The van der Waals surface area contributed by atoms with Crippen molar-refractivity contribution in [2.75, 3.05) is 11.4 Å². The number of hydrogen-bond acceptors (Lipinski definition) is 3. The van der Waals surface area contributed by atoms with Crippen LogP contribution in [0.2, 0.25) is 0 Å². The van der Waals surface area contributed by atoms with E-state index in [2.05, 4.69) is 0 Å². The quantitative estimate of drug-likeness (QED) is 0.909. The van der Waals surface area contributed by atoms with Gasteiger partial charge in [0.25, 0.3) is 0 Å². The Hall–Kier alpha value is -1.55. The van der Waals surface area contributed by atoms with Crippen LogP contribution in [0.1, 0.15) is 38.7 Å². The predicted octanol–water partition coefficient (Wildman–Crippen LogP) is 2.76. The third-order valence-electron chi connectivity index (χ3n) is 4.13. The van der Waals surface area contributed by atoms with Gasteiger partial charge in [-0.1, -0.05) is 18.2 Å². The first-order chi connectivity index (χ1) is 8.91. The number of carbonyl (C=O) groups excluding carboxylic acids is 1. The van der Waals surface area contributed by atoms with Crippen molar-refractivity contribution >= 4 is 11.8 Å². The van der Waals surface area contributed by atoms with Crippen molar-refractivity contribution in [1.29, 1.82) is 0 Å². The number of hydrogen-bond donors (Lipinski definition) is 1. The van der Waals surface area contributed by atoms with Crippen LogP contribution in [-0.2, 0) is 10.3 Å². The number of ether oxygens (including phenoxy) is 1. The molecule has 4 heteroatoms. The van der Waals surface area contributed by atoms with E-state index in [-0.39, 0.29) is 11.6 Å². The number of nitrogens with zero attached hydrogens (tertiary/aromatic N) is 1. The fraction of sp³-hybridized carbons (Fsp3) is 0.533. The highest BCUT2D eigenvalue weighted by Crippen LogP contribution is 2.40. The second-order valence-electron chi connectivity index (χ2n) is 6.16. The summed E-state index contributed by atoms with van der Waals surface area (Å²) >= 11 is 0. The summed E-state index contributed by atoms with van der Waals surface area (Å²) in [4.78, 5) is 13.9. The average molecular weight is 260 g/mol. The molecule has 2 aliphatic rings. The van der Waals surface area contributed by atoms with Crippen LogP contribution in [0.25, 0.3) is 0 Å². The van der Waals surface area contributed by atoms with Crippen molar-refractivity contribution in [2.24, 2.45) is 5.73 Å². The molecule has 3 rings (SSSR count). The lowest BCUT2D eigenvalue weighted by Gasteiger charge is -2.38. The monoisotopic (exact) mass is 260 g/mol. The van der Waals surface area contributed by atoms with E-state index >= 15 is 0 Å². The van der Waals surface area contributed by atoms with Crippen LogP contribution in [-0.4, -0.2) is 18.2 Å². The number of para-hydroxylation sites is 1. The highest BCUT2D eigenvalue weighted by molar-refractivity contribution is 5.91. The van der Waals surface area contributed by atoms with Gasteiger partial charge in [0.2, 0.25) is 0 Å². The number of anilines is 1. The Morgan fingerprint density at radius 2 is 2.00 bits per heavy atom. The van der Waals surface area contributed by atoms with E-state index in [9.17, 15) is 4.79 Å². The molecule has 1 fully saturated rings. The molecule has 102 valence electrons. The van der Waals surface area contributed by atoms with E-state index in [0.717, 1.165) is 30.5 Å². The average Bonchev–Trinajstić information content (AvgIpc) is 3.07. The molecule has 19 heavy (non-hydrogen) atoms. The van der Waals surface area contributed by atoms with E-state index in [0.29, 0.717) is 6.54 Å². The summed E-state index contributed by atoms with van der Waals surface area (Å²) in [7, 11) is 0. The van der Waals surface area contributed by atoms with Crippen molar-refractivity contribution < 1.29 is 9.53 Å². The Bertz CT molecular complexity index is 521. The minimum absolute atomic E-state index is 0.0534. The number of cyclic esters (lactones) is 1. The summed E-state index contributed by atoms with van der Waals surface area (Å²) in [6, 6.07) is 7.93. The van der Waals surface area contributed by atoms with Crippen LogP contribution >= 0.6 is 0 Å². The van der Waals surface area contributed by atoms with Gasteiger partial charge in [-0.2, -0.15) is 0 Å². The molecule has 0 atom stereocenters. The third kappa shape index (κ3) is 2.21. The number of nitrogens with two attached hydrogens (primary N) is 1. The van der Waals surface area contributed by atoms with E-state index in [1.54, 1.807) is 4.90 Å². The lowest BCUT2D eigenvalue weighted by molar-refractivity contribution is 0.0349. The molecule has 1 aliphatic carbocycles. The Kier molecular flexibility index (Phi) is 2.61. The standard InChI is InChI=1S/C15H20N2O2/c1-14(2)11-5-3-4-6-12(11)17(13(18)19-14)10-9-15(16)7-8-15/h3-6H,7-10,16H2,1-2H3. The first-order valence-corrected chi connectivity index (χ1v) is 6.80. The second kappa shape index (κ2) is 3.97. The van der Waals surface area contributed by atoms with Crippen molar-refractivity contribution in [1.82, 2.24) is 0 Å². The lowest BCUT2D eigenvalue weighted by Crippen LogP contribution is -2.45. The molecule has 1 saturated carbocycles. The number of fused-ring (bicyclic) bond motifs is 1. The Labute approximate surface area is 113 Å². The zero-order chi connectivity index (χ0) is 13.7. The van der Waals surface area contributed by atoms with Crippen LogP contribution in [0.15, 0.2) is 24.3 Å². The number of amides is 1. The summed E-state index contributed by atoms with van der Waals surface area (Å²) in [6.45, 7) is 4.47. The Morgan fingerprint density at radius 1 is 1.32 bits per heavy atom. The molecule has 1 aromatic rings. The number of rotatable bonds is 3. The molecule has 1 aliphatic heterocycles. The van der Waals surface area contributed by atoms with Gasteiger partial charge in [0.15, 0.2) is 0 Å². The molecular formula is C15H20N2O2. The molecule has 0 saturated heterocycles. The SMILES string of the molecule is CC1(C)OC(=O)N(CCC2(N)CC2)c2ccccc21. The van der Waals surface area contributed by atoms with Gasteiger partial charge in [-0.3, -0.25) is 4.90 Å². The zero-order valence-electron chi connectivity index (χ0n) is 11.5. The van der Waals surface area contributed by atoms with E-state index < -0.39 is 5.60 Å². The molecule has 4 nitrogen and oxygen atoms in total. The molecule has 0 unspecified atom stereocenters. The molecular weight excluding hydrogens is 240 g/mol. The first kappa shape index (κ1) is 12.5. The van der Waals surface area contributed by atoms with Gasteiger partial charge >= 0.3 is 6.09 Å². The van der Waals surface area contributed by atoms with E-state index in [1.165, 1.54) is 0 Å². The Balaban J connectivity index is 1.89. The molecule has 0 spiro atoms. The highest BCUT2D eigenvalue weighted by atomic mass is 16.6. The summed E-state index contributed by atoms with van der Waals surface area (Å²) in [5, 5.41) is 0. The van der Waals surface area contributed by atoms with Crippen molar-refractivity contribution in [2.45, 2.75) is 44.2 Å². The minimum Gasteiger partial charge on any atom is -0.438 e. The van der Waals surface area contributed by atoms with Crippen molar-refractivity contribution in [3.05, 3.63) is 29.8 Å². The predicted molar refractivity (Wildman–Crippen MR) is 74.1 cm³/mol. The largest absolute Gasteiger partial charge is 0.438 e. The third-order valence-corrected chi connectivity index (χ3v) is 4.13. The maximum atomic E-state index is 12.2. The minimum atomic E-state index is -0.565. The van der Waals surface area contributed by atoms with Gasteiger partial charge in [-0.15, -0.1) is 0 Å². The fourth-order valence-corrected chi connectivity index (χ4v) is 2.60. The van der Waals surface area contributed by atoms with Crippen LogP contribution in [0.5, 0.6) is 0 Å². The number of carbonyl (C=O) groups is 1. The maximum Gasteiger partial charge on any atom is 0.415 e. The number of benzene rings is 1. The Morgan fingerprint density at radius 3 is 2.68 bits per heavy atom. The van der Waals surface area contributed by atoms with Gasteiger partial charge in [0, 0.05) is 17.6 Å². The van der Waals surface area contributed by atoms with Crippen molar-refractivity contribution in [3.63, 3.8) is 0 Å². The van der Waals surface area contributed by atoms with Gasteiger partial charge in [-0.05, 0) is 39.2 Å². The van der Waals surface area contributed by atoms with Crippen LogP contribution in [0.4, 0.5) is 10.5 Å². The normalized spacial score (nSPS) is 22.7. The zero-order valence-corrected chi connectivity index (χ0v) is 11.5. The fourth-order valence-electron chi connectivity index (χ4n) is 2.60. The summed E-state index contributed by atoms with van der Waals surface area (Å²) in [6.07, 6.45) is 2.68. The first-order valence-electron chi connectivity index (χ1n) is 6.80. The topological polar surface area (TPSA) is 55.6 Å². The molecule has 2 N–H and O–H groups in total. The second-order valence-corrected chi connectivity index (χ2v) is 6.16. The molecule has 1 aromatic carbocycles. The summed E-state index contributed by atoms with van der Waals surface area (Å²) in [5.74, 6) is 0. The van der Waals surface area contributed by atoms with Crippen LogP contribution in [0, 0.1) is 0 Å². The molecule has 1 heterocycles. The summed E-state index contributed by atoms with van der Waals surface area (Å²) < 4.78 is 5.54. The van der Waals surface area contributed by atoms with Crippen molar-refractivity contribution in [3.8, 4) is 0 Å². The smallest absolute Gasteiger partial charge is 0.415 e. The highest BCUT2D eigenvalue weighted by Gasteiger charge is 2.41. The maximum absolute atomic E-state index is 12.2. The van der Waals surface area contributed by atoms with Gasteiger partial charge in [0.05, 0.1) is 5.69 Å². The molecule has 0 aromatic heterocycles. The van der Waals surface area contributed by atoms with E-state index in [4.69, 9.17) is 10.5 Å². The lowest BCUT2D eigenvalue weighted by atomic mass is 9.94.